The minimum atomic E-state index is -0.333. The minimum Gasteiger partial charge on any atom is -0.484 e. The Kier molecular flexibility index (Phi) is 7.02. The van der Waals surface area contributed by atoms with Gasteiger partial charge in [0.1, 0.15) is 5.75 Å². The van der Waals surface area contributed by atoms with Gasteiger partial charge in [0.05, 0.1) is 26.9 Å². The van der Waals surface area contributed by atoms with Crippen LogP contribution < -0.4 is 15.4 Å². The van der Waals surface area contributed by atoms with Crippen molar-refractivity contribution in [2.45, 2.75) is 13.8 Å². The molecule has 0 bridgehead atoms. The van der Waals surface area contributed by atoms with Gasteiger partial charge < -0.3 is 4.74 Å². The molecule has 0 spiro atoms. The minimum absolute atomic E-state index is 0.115. The number of aryl methyl sites for hydroxylation is 2. The van der Waals surface area contributed by atoms with E-state index in [2.05, 4.69) is 20.6 Å². The zero-order valence-corrected chi connectivity index (χ0v) is 20.1. The number of halogens is 1. The van der Waals surface area contributed by atoms with Crippen molar-refractivity contribution >= 4 is 56.4 Å². The smallest absolute Gasteiger partial charge is 0.264 e. The second-order valence-corrected chi connectivity index (χ2v) is 9.32. The number of aromatic nitrogens is 2. The Hall–Kier alpha value is -3.27. The maximum atomic E-state index is 12.5. The third kappa shape index (κ3) is 5.75. The van der Waals surface area contributed by atoms with Crippen molar-refractivity contribution in [2.75, 3.05) is 17.2 Å². The van der Waals surface area contributed by atoms with Gasteiger partial charge in [-0.3, -0.25) is 20.2 Å². The van der Waals surface area contributed by atoms with E-state index in [1.807, 2.05) is 43.5 Å². The number of thiazole rings is 2. The van der Waals surface area contributed by atoms with E-state index in [1.54, 1.807) is 24.3 Å². The molecule has 0 aliphatic rings. The summed E-state index contributed by atoms with van der Waals surface area (Å²) in [4.78, 5) is 34.4. The quantitative estimate of drug-likeness (QED) is 0.335. The Morgan fingerprint density at radius 2 is 1.76 bits per heavy atom. The number of hydrogen-bond acceptors (Lipinski definition) is 7. The molecule has 2 N–H and O–H groups in total. The van der Waals surface area contributed by atoms with Crippen LogP contribution in [0.2, 0.25) is 5.02 Å². The topological polar surface area (TPSA) is 93.2 Å². The summed E-state index contributed by atoms with van der Waals surface area (Å²) >= 11 is 8.70. The molecule has 168 valence electrons. The molecule has 2 aromatic heterocycles. The van der Waals surface area contributed by atoms with Gasteiger partial charge in [0.2, 0.25) is 0 Å². The van der Waals surface area contributed by atoms with Crippen LogP contribution in [0.15, 0.2) is 53.9 Å². The third-order valence-corrected chi connectivity index (χ3v) is 6.69. The first-order chi connectivity index (χ1) is 15.9. The lowest BCUT2D eigenvalue weighted by atomic mass is 10.2. The molecule has 0 saturated heterocycles. The highest BCUT2D eigenvalue weighted by Gasteiger charge is 2.17. The molecular weight excluding hydrogens is 480 g/mol. The average molecular weight is 499 g/mol. The van der Waals surface area contributed by atoms with Gasteiger partial charge in [0, 0.05) is 5.38 Å². The molecule has 0 aliphatic heterocycles. The summed E-state index contributed by atoms with van der Waals surface area (Å²) in [7, 11) is 0. The van der Waals surface area contributed by atoms with Crippen LogP contribution in [0.3, 0.4) is 0 Å². The van der Waals surface area contributed by atoms with Crippen LogP contribution in [-0.4, -0.2) is 28.4 Å². The number of anilines is 2. The van der Waals surface area contributed by atoms with E-state index in [4.69, 9.17) is 16.3 Å². The van der Waals surface area contributed by atoms with E-state index in [9.17, 15) is 9.59 Å². The van der Waals surface area contributed by atoms with Gasteiger partial charge >= 0.3 is 0 Å². The molecule has 2 amide bonds. The van der Waals surface area contributed by atoms with Gasteiger partial charge in [-0.2, -0.15) is 0 Å². The molecule has 4 aromatic rings. The number of nitrogens with one attached hydrogen (secondary N) is 2. The molecule has 33 heavy (non-hydrogen) atoms. The lowest BCUT2D eigenvalue weighted by Crippen LogP contribution is -2.20. The summed E-state index contributed by atoms with van der Waals surface area (Å²) < 4.78 is 5.50. The Labute approximate surface area is 203 Å². The van der Waals surface area contributed by atoms with E-state index < -0.39 is 0 Å². The molecule has 2 heterocycles. The number of amides is 2. The highest BCUT2D eigenvalue weighted by molar-refractivity contribution is 7.20. The van der Waals surface area contributed by atoms with Gasteiger partial charge in [-0.1, -0.05) is 52.8 Å². The van der Waals surface area contributed by atoms with Crippen LogP contribution in [0.4, 0.5) is 10.3 Å². The van der Waals surface area contributed by atoms with Gasteiger partial charge in [-0.15, -0.1) is 11.3 Å². The molecular formula is C23H19ClN4O3S2. The van der Waals surface area contributed by atoms with Gasteiger partial charge in [-0.25, -0.2) is 9.97 Å². The first-order valence-corrected chi connectivity index (χ1v) is 11.9. The fourth-order valence-corrected chi connectivity index (χ4v) is 4.81. The number of nitrogens with zero attached hydrogens (tertiary/aromatic N) is 2. The number of benzene rings is 2. The van der Waals surface area contributed by atoms with Gasteiger partial charge in [0.15, 0.2) is 16.9 Å². The van der Waals surface area contributed by atoms with Gasteiger partial charge in [0.25, 0.3) is 11.8 Å². The highest BCUT2D eigenvalue weighted by Crippen LogP contribution is 2.34. The zero-order valence-electron chi connectivity index (χ0n) is 17.7. The molecule has 2 aromatic carbocycles. The SMILES string of the molecule is Cc1ccc(OCC(=O)Nc2nc(-c3sc(NC(=O)c4ccccc4Cl)nc3C)cs2)cc1. The van der Waals surface area contributed by atoms with Crippen molar-refractivity contribution in [2.24, 2.45) is 0 Å². The molecule has 0 radical (unpaired) electrons. The van der Waals surface area contributed by atoms with Crippen LogP contribution in [0.5, 0.6) is 5.75 Å². The summed E-state index contributed by atoms with van der Waals surface area (Å²) in [6.07, 6.45) is 0. The lowest BCUT2D eigenvalue weighted by molar-refractivity contribution is -0.118. The number of carbonyl (C=O) groups excluding carboxylic acids is 2. The Balaban J connectivity index is 1.38. The van der Waals surface area contributed by atoms with Crippen molar-refractivity contribution in [3.8, 4) is 16.3 Å². The Bertz CT molecular complexity index is 1300. The van der Waals surface area contributed by atoms with Crippen LogP contribution >= 0.6 is 34.3 Å². The van der Waals surface area contributed by atoms with Gasteiger partial charge in [-0.05, 0) is 38.1 Å². The Morgan fingerprint density at radius 1 is 1.00 bits per heavy atom. The fourth-order valence-electron chi connectivity index (χ4n) is 2.87. The molecule has 10 heteroatoms. The first-order valence-electron chi connectivity index (χ1n) is 9.87. The molecule has 0 fully saturated rings. The van der Waals surface area contributed by atoms with Crippen molar-refractivity contribution < 1.29 is 14.3 Å². The summed E-state index contributed by atoms with van der Waals surface area (Å²) in [6, 6.07) is 14.3. The third-order valence-electron chi connectivity index (χ3n) is 4.51. The molecule has 0 atom stereocenters. The van der Waals surface area contributed by atoms with Crippen LogP contribution in [0.1, 0.15) is 21.6 Å². The number of hydrogen-bond donors (Lipinski definition) is 2. The first kappa shape index (κ1) is 22.9. The van der Waals surface area contributed by atoms with Crippen LogP contribution in [0.25, 0.3) is 10.6 Å². The van der Waals surface area contributed by atoms with E-state index in [-0.39, 0.29) is 18.4 Å². The number of carbonyl (C=O) groups is 2. The van der Waals surface area contributed by atoms with E-state index in [0.29, 0.717) is 32.3 Å². The molecule has 0 aliphatic carbocycles. The van der Waals surface area contributed by atoms with E-state index in [0.717, 1.165) is 16.1 Å². The van der Waals surface area contributed by atoms with Crippen molar-refractivity contribution in [1.29, 1.82) is 0 Å². The second kappa shape index (κ2) is 10.1. The lowest BCUT2D eigenvalue weighted by Gasteiger charge is -2.05. The maximum absolute atomic E-state index is 12.5. The van der Waals surface area contributed by atoms with Crippen molar-refractivity contribution in [3.63, 3.8) is 0 Å². The predicted octanol–water partition coefficient (Wildman–Crippen LogP) is 5.81. The summed E-state index contributed by atoms with van der Waals surface area (Å²) in [5.74, 6) is -0.00636. The molecule has 0 unspecified atom stereocenters. The molecule has 7 nitrogen and oxygen atoms in total. The monoisotopic (exact) mass is 498 g/mol. The van der Waals surface area contributed by atoms with E-state index in [1.165, 1.54) is 22.7 Å². The second-order valence-electron chi connectivity index (χ2n) is 7.06. The van der Waals surface area contributed by atoms with Crippen LogP contribution in [0, 0.1) is 13.8 Å². The predicted molar refractivity (Wildman–Crippen MR) is 133 cm³/mol. The molecule has 4 rings (SSSR count). The number of ether oxygens (including phenoxy) is 1. The van der Waals surface area contributed by atoms with Crippen LogP contribution in [-0.2, 0) is 4.79 Å². The summed E-state index contributed by atoms with van der Waals surface area (Å²) in [5.41, 5.74) is 2.88. The number of rotatable bonds is 7. The summed E-state index contributed by atoms with van der Waals surface area (Å²) in [6.45, 7) is 3.71. The fraction of sp³-hybridized carbons (Fsp3) is 0.130. The standard InChI is InChI=1S/C23H19ClN4O3S2/c1-13-7-9-15(10-8-13)31-11-19(29)27-22-26-18(12-32-22)20-14(2)25-23(33-20)28-21(30)16-5-3-4-6-17(16)24/h3-10,12H,11H2,1-2H3,(H,25,28,30)(H,26,27,29). The van der Waals surface area contributed by atoms with Crippen molar-refractivity contribution in [1.82, 2.24) is 9.97 Å². The largest absolute Gasteiger partial charge is 0.484 e. The Morgan fingerprint density at radius 3 is 2.52 bits per heavy atom. The normalized spacial score (nSPS) is 10.6. The van der Waals surface area contributed by atoms with E-state index >= 15 is 0 Å². The molecule has 0 saturated carbocycles. The zero-order chi connectivity index (χ0) is 23.4. The maximum Gasteiger partial charge on any atom is 0.264 e. The summed E-state index contributed by atoms with van der Waals surface area (Å²) in [5, 5.41) is 8.62. The van der Waals surface area contributed by atoms with Crippen molar-refractivity contribution in [3.05, 3.63) is 75.8 Å². The highest BCUT2D eigenvalue weighted by atomic mass is 35.5. The average Bonchev–Trinajstić information content (AvgIpc) is 3.39.